The minimum absolute atomic E-state index is 0.0971. The highest BCUT2D eigenvalue weighted by molar-refractivity contribution is 6.04. The quantitative estimate of drug-likeness (QED) is 0.524. The number of hydrogen-bond acceptors (Lipinski definition) is 4. The molecule has 7 nitrogen and oxygen atoms in total. The number of imide groups is 1. The topological polar surface area (TPSA) is 91.7 Å². The lowest BCUT2D eigenvalue weighted by Gasteiger charge is -2.11. The Bertz CT molecular complexity index is 774. The first-order valence-electron chi connectivity index (χ1n) is 9.08. The second-order valence-electron chi connectivity index (χ2n) is 6.48. The number of amides is 4. The molecule has 0 bridgehead atoms. The number of urea groups is 1. The minimum atomic E-state index is -0.664. The van der Waals surface area contributed by atoms with Gasteiger partial charge in [-0.3, -0.25) is 14.5 Å². The summed E-state index contributed by atoms with van der Waals surface area (Å²) in [7, 11) is 0. The zero-order valence-electron chi connectivity index (χ0n) is 15.0. The number of nitrogens with zero attached hydrogens (tertiary/aromatic N) is 1. The summed E-state index contributed by atoms with van der Waals surface area (Å²) in [5.41, 5.74) is 1.24. The van der Waals surface area contributed by atoms with Gasteiger partial charge < -0.3 is 15.1 Å². The molecular weight excluding hydrogens is 346 g/mol. The second kappa shape index (κ2) is 9.02. The molecule has 0 saturated carbocycles. The molecule has 7 heteroatoms. The van der Waals surface area contributed by atoms with Gasteiger partial charge in [0.25, 0.3) is 5.91 Å². The number of rotatable bonds is 9. The molecule has 4 amide bonds. The van der Waals surface area contributed by atoms with E-state index in [0.29, 0.717) is 12.3 Å². The molecule has 1 aromatic carbocycles. The predicted octanol–water partition coefficient (Wildman–Crippen LogP) is 2.23. The summed E-state index contributed by atoms with van der Waals surface area (Å²) in [6.45, 7) is 0.684. The zero-order chi connectivity index (χ0) is 19.1. The Hall–Kier alpha value is -3.09. The monoisotopic (exact) mass is 369 g/mol. The maximum atomic E-state index is 12.3. The van der Waals surface area contributed by atoms with Crippen molar-refractivity contribution in [2.24, 2.45) is 0 Å². The van der Waals surface area contributed by atoms with Crippen LogP contribution in [0.3, 0.4) is 0 Å². The van der Waals surface area contributed by atoms with Crippen LogP contribution in [-0.4, -0.2) is 35.3 Å². The van der Waals surface area contributed by atoms with Crippen LogP contribution in [0, 0.1) is 0 Å². The molecule has 0 spiro atoms. The average Bonchev–Trinajstić information content (AvgIpc) is 3.28. The molecule has 142 valence electrons. The van der Waals surface area contributed by atoms with Crippen LogP contribution in [0.5, 0.6) is 0 Å². The smallest absolute Gasteiger partial charge is 0.325 e. The minimum Gasteiger partial charge on any atom is -0.467 e. The molecule has 1 aromatic heterocycles. The largest absolute Gasteiger partial charge is 0.467 e. The first-order chi connectivity index (χ1) is 13.1. The summed E-state index contributed by atoms with van der Waals surface area (Å²) in [6.07, 6.45) is 3.72. The summed E-state index contributed by atoms with van der Waals surface area (Å²) >= 11 is 0. The number of benzene rings is 1. The van der Waals surface area contributed by atoms with Gasteiger partial charge in [-0.25, -0.2) is 4.79 Å². The van der Waals surface area contributed by atoms with Crippen molar-refractivity contribution < 1.29 is 18.8 Å². The summed E-state index contributed by atoms with van der Waals surface area (Å²) < 4.78 is 5.17. The molecule has 1 aliphatic heterocycles. The van der Waals surface area contributed by atoms with Gasteiger partial charge in [-0.05, 0) is 37.0 Å². The zero-order valence-corrected chi connectivity index (χ0v) is 15.0. The maximum absolute atomic E-state index is 12.3. The van der Waals surface area contributed by atoms with E-state index in [-0.39, 0.29) is 31.2 Å². The molecule has 0 aliphatic carbocycles. The predicted molar refractivity (Wildman–Crippen MR) is 98.6 cm³/mol. The van der Waals surface area contributed by atoms with E-state index < -0.39 is 12.1 Å². The van der Waals surface area contributed by atoms with Gasteiger partial charge in [0.15, 0.2) is 0 Å². The van der Waals surface area contributed by atoms with Crippen molar-refractivity contribution >= 4 is 17.8 Å². The van der Waals surface area contributed by atoms with Crippen LogP contribution in [0.1, 0.15) is 30.6 Å². The third kappa shape index (κ3) is 5.20. The molecule has 0 radical (unpaired) electrons. The molecule has 1 saturated heterocycles. The van der Waals surface area contributed by atoms with E-state index in [1.807, 2.05) is 18.2 Å². The molecule has 1 aliphatic rings. The first kappa shape index (κ1) is 18.7. The number of hydrogen-bond donors (Lipinski definition) is 2. The van der Waals surface area contributed by atoms with Crippen LogP contribution in [0.4, 0.5) is 4.79 Å². The van der Waals surface area contributed by atoms with Crippen LogP contribution in [-0.2, 0) is 22.6 Å². The highest BCUT2D eigenvalue weighted by atomic mass is 16.3. The highest BCUT2D eigenvalue weighted by Gasteiger charge is 2.38. The van der Waals surface area contributed by atoms with E-state index in [1.54, 1.807) is 12.1 Å². The number of aryl methyl sites for hydroxylation is 1. The van der Waals surface area contributed by atoms with Crippen molar-refractivity contribution in [3.05, 3.63) is 60.1 Å². The lowest BCUT2D eigenvalue weighted by atomic mass is 10.1. The molecule has 1 atom stereocenters. The Kier molecular flexibility index (Phi) is 6.25. The summed E-state index contributed by atoms with van der Waals surface area (Å²) in [5.74, 6) is 0.0955. The van der Waals surface area contributed by atoms with Gasteiger partial charge in [-0.1, -0.05) is 30.3 Å². The maximum Gasteiger partial charge on any atom is 0.325 e. The fourth-order valence-corrected chi connectivity index (χ4v) is 3.01. The summed E-state index contributed by atoms with van der Waals surface area (Å²) in [4.78, 5) is 37.4. The van der Waals surface area contributed by atoms with Crippen molar-refractivity contribution in [3.63, 3.8) is 0 Å². The Morgan fingerprint density at radius 2 is 1.96 bits per heavy atom. The van der Waals surface area contributed by atoms with Gasteiger partial charge >= 0.3 is 6.03 Å². The van der Waals surface area contributed by atoms with E-state index in [1.165, 1.54) is 11.8 Å². The Balaban J connectivity index is 1.36. The molecule has 2 aromatic rings. The second-order valence-corrected chi connectivity index (χ2v) is 6.48. The van der Waals surface area contributed by atoms with Crippen LogP contribution in [0.25, 0.3) is 0 Å². The van der Waals surface area contributed by atoms with E-state index in [4.69, 9.17) is 4.42 Å². The number of carbonyl (C=O) groups excluding carboxylic acids is 3. The van der Waals surface area contributed by atoms with Gasteiger partial charge in [-0.15, -0.1) is 0 Å². The number of carbonyl (C=O) groups is 3. The molecule has 3 rings (SSSR count). The molecular formula is C20H23N3O4. The molecule has 27 heavy (non-hydrogen) atoms. The molecule has 2 N–H and O–H groups in total. The van der Waals surface area contributed by atoms with Crippen molar-refractivity contribution in [1.29, 1.82) is 0 Å². The Labute approximate surface area is 157 Å². The standard InChI is InChI=1S/C20H23N3O4/c24-18(21-12-4-8-15-6-2-1-3-7-15)11-10-17-19(25)23(20(26)22-17)14-16-9-5-13-27-16/h1-3,5-7,9,13,17H,4,8,10-12,14H2,(H,21,24)(H,22,26)/t17-/m0/s1. The normalized spacial score (nSPS) is 16.4. The fourth-order valence-electron chi connectivity index (χ4n) is 3.01. The lowest BCUT2D eigenvalue weighted by molar-refractivity contribution is -0.128. The molecule has 1 fully saturated rings. The van der Waals surface area contributed by atoms with Crippen LogP contribution in [0.15, 0.2) is 53.1 Å². The molecule has 0 unspecified atom stereocenters. The van der Waals surface area contributed by atoms with Gasteiger partial charge in [-0.2, -0.15) is 0 Å². The van der Waals surface area contributed by atoms with Crippen molar-refractivity contribution in [3.8, 4) is 0 Å². The van der Waals surface area contributed by atoms with Crippen molar-refractivity contribution in [2.45, 2.75) is 38.3 Å². The average molecular weight is 369 g/mol. The van der Waals surface area contributed by atoms with Gasteiger partial charge in [0, 0.05) is 13.0 Å². The Morgan fingerprint density at radius 1 is 1.15 bits per heavy atom. The first-order valence-corrected chi connectivity index (χ1v) is 9.08. The lowest BCUT2D eigenvalue weighted by Crippen LogP contribution is -2.32. The van der Waals surface area contributed by atoms with Crippen LogP contribution in [0.2, 0.25) is 0 Å². The van der Waals surface area contributed by atoms with Crippen molar-refractivity contribution in [1.82, 2.24) is 15.5 Å². The SMILES string of the molecule is O=C(CC[C@@H]1NC(=O)N(Cc2ccco2)C1=O)NCCCc1ccccc1. The van der Waals surface area contributed by atoms with E-state index in [2.05, 4.69) is 22.8 Å². The Morgan fingerprint density at radius 3 is 2.70 bits per heavy atom. The van der Waals surface area contributed by atoms with Gasteiger partial charge in [0.1, 0.15) is 11.8 Å². The van der Waals surface area contributed by atoms with Crippen molar-refractivity contribution in [2.75, 3.05) is 6.54 Å². The van der Waals surface area contributed by atoms with E-state index >= 15 is 0 Å². The fraction of sp³-hybridized carbons (Fsp3) is 0.350. The number of nitrogens with one attached hydrogen (secondary N) is 2. The van der Waals surface area contributed by atoms with E-state index in [9.17, 15) is 14.4 Å². The summed E-state index contributed by atoms with van der Waals surface area (Å²) in [6, 6.07) is 12.4. The highest BCUT2D eigenvalue weighted by Crippen LogP contribution is 2.15. The van der Waals surface area contributed by atoms with Gasteiger partial charge in [0.2, 0.25) is 5.91 Å². The number of furan rings is 1. The molecule has 2 heterocycles. The van der Waals surface area contributed by atoms with Crippen LogP contribution >= 0.6 is 0 Å². The third-order valence-corrected chi connectivity index (χ3v) is 4.47. The van der Waals surface area contributed by atoms with E-state index in [0.717, 1.165) is 17.7 Å². The summed E-state index contributed by atoms with van der Waals surface area (Å²) in [5, 5.41) is 5.49. The van der Waals surface area contributed by atoms with Gasteiger partial charge in [0.05, 0.1) is 12.8 Å². The van der Waals surface area contributed by atoms with Crippen LogP contribution < -0.4 is 10.6 Å². The third-order valence-electron chi connectivity index (χ3n) is 4.47.